The maximum atomic E-state index is 12.5. The molecule has 0 aliphatic heterocycles. The predicted octanol–water partition coefficient (Wildman–Crippen LogP) is 1.81. The van der Waals surface area contributed by atoms with Crippen LogP contribution in [0.15, 0.2) is 0 Å². The zero-order valence-corrected chi connectivity index (χ0v) is 16.5. The Bertz CT molecular complexity index is 672. The topological polar surface area (TPSA) is 87.7 Å². The van der Waals surface area contributed by atoms with Crippen molar-refractivity contribution in [2.45, 2.75) is 40.0 Å². The molecule has 144 valence electrons. The van der Waals surface area contributed by atoms with Crippen LogP contribution in [0.1, 0.15) is 48.0 Å². The average Bonchev–Trinajstić information content (AvgIpc) is 3.14. The van der Waals surface area contributed by atoms with E-state index in [0.29, 0.717) is 30.3 Å². The number of anilines is 1. The second-order valence-corrected chi connectivity index (χ2v) is 7.19. The third-order valence-corrected chi connectivity index (χ3v) is 5.42. The first-order valence-corrected chi connectivity index (χ1v) is 9.92. The summed E-state index contributed by atoms with van der Waals surface area (Å²) in [6.45, 7) is 7.23. The Morgan fingerprint density at radius 3 is 2.50 bits per heavy atom. The summed E-state index contributed by atoms with van der Waals surface area (Å²) in [6, 6.07) is 0. The zero-order chi connectivity index (χ0) is 19.1. The molecule has 2 amide bonds. The van der Waals surface area contributed by atoms with Crippen molar-refractivity contribution in [2.75, 3.05) is 38.1 Å². The number of fused-ring (bicyclic) bond motifs is 1. The van der Waals surface area contributed by atoms with E-state index in [1.807, 2.05) is 13.8 Å². The van der Waals surface area contributed by atoms with Crippen LogP contribution in [0.2, 0.25) is 0 Å². The van der Waals surface area contributed by atoms with Gasteiger partial charge in [-0.2, -0.15) is 0 Å². The van der Waals surface area contributed by atoms with Crippen molar-refractivity contribution in [3.05, 3.63) is 16.0 Å². The summed E-state index contributed by atoms with van der Waals surface area (Å²) in [5.41, 5.74) is 1.52. The molecule has 0 aromatic carbocycles. The lowest BCUT2D eigenvalue weighted by Crippen LogP contribution is -2.41. The largest absolute Gasteiger partial charge is 0.462 e. The summed E-state index contributed by atoms with van der Waals surface area (Å²) in [4.78, 5) is 39.4. The first-order chi connectivity index (χ1) is 12.5. The predicted molar refractivity (Wildman–Crippen MR) is 102 cm³/mol. The highest BCUT2D eigenvalue weighted by molar-refractivity contribution is 7.17. The Labute approximate surface area is 158 Å². The minimum atomic E-state index is -0.378. The van der Waals surface area contributed by atoms with Gasteiger partial charge < -0.3 is 15.4 Å². The summed E-state index contributed by atoms with van der Waals surface area (Å²) in [5.74, 6) is -0.719. The number of rotatable bonds is 9. The second-order valence-electron chi connectivity index (χ2n) is 6.09. The van der Waals surface area contributed by atoms with Crippen molar-refractivity contribution in [2.24, 2.45) is 0 Å². The fraction of sp³-hybridized carbons (Fsp3) is 0.611. The summed E-state index contributed by atoms with van der Waals surface area (Å²) in [5, 5.41) is 6.14. The number of aryl methyl sites for hydroxylation is 1. The Balaban J connectivity index is 2.06. The van der Waals surface area contributed by atoms with Crippen LogP contribution in [0.3, 0.4) is 0 Å². The molecule has 7 nitrogen and oxygen atoms in total. The van der Waals surface area contributed by atoms with Crippen LogP contribution < -0.4 is 10.6 Å². The number of esters is 1. The molecule has 0 radical (unpaired) electrons. The molecule has 26 heavy (non-hydrogen) atoms. The molecule has 0 saturated carbocycles. The lowest BCUT2D eigenvalue weighted by molar-refractivity contribution is -0.123. The number of nitrogens with one attached hydrogen (secondary N) is 2. The van der Waals surface area contributed by atoms with Crippen molar-refractivity contribution in [1.29, 1.82) is 0 Å². The highest BCUT2D eigenvalue weighted by Crippen LogP contribution is 2.39. The van der Waals surface area contributed by atoms with Gasteiger partial charge in [0.25, 0.3) is 0 Å². The van der Waals surface area contributed by atoms with Gasteiger partial charge in [-0.3, -0.25) is 14.5 Å². The van der Waals surface area contributed by atoms with E-state index >= 15 is 0 Å². The van der Waals surface area contributed by atoms with E-state index in [1.165, 1.54) is 11.3 Å². The quantitative estimate of drug-likeness (QED) is 0.637. The first-order valence-electron chi connectivity index (χ1n) is 9.10. The molecule has 0 spiro atoms. The van der Waals surface area contributed by atoms with Crippen molar-refractivity contribution in [3.63, 3.8) is 0 Å². The summed E-state index contributed by atoms with van der Waals surface area (Å²) in [6.07, 6.45) is 2.80. The van der Waals surface area contributed by atoms with Gasteiger partial charge in [-0.25, -0.2) is 4.79 Å². The number of carbonyl (C=O) groups is 3. The zero-order valence-electron chi connectivity index (χ0n) is 15.6. The fourth-order valence-corrected chi connectivity index (χ4v) is 4.31. The van der Waals surface area contributed by atoms with Gasteiger partial charge >= 0.3 is 5.97 Å². The molecule has 1 aliphatic carbocycles. The molecule has 0 saturated heterocycles. The van der Waals surface area contributed by atoms with Crippen LogP contribution in [0.25, 0.3) is 0 Å². The van der Waals surface area contributed by atoms with Gasteiger partial charge in [0.1, 0.15) is 5.00 Å². The number of thiophene rings is 1. The minimum absolute atomic E-state index is 0.0957. The fourth-order valence-electron chi connectivity index (χ4n) is 3.02. The Morgan fingerprint density at radius 2 is 1.85 bits per heavy atom. The van der Waals surface area contributed by atoms with E-state index in [0.717, 1.165) is 29.7 Å². The van der Waals surface area contributed by atoms with Crippen molar-refractivity contribution in [3.8, 4) is 0 Å². The van der Waals surface area contributed by atoms with E-state index in [9.17, 15) is 14.4 Å². The third-order valence-electron chi connectivity index (χ3n) is 4.21. The minimum Gasteiger partial charge on any atom is -0.462 e. The number of carbonyl (C=O) groups excluding carboxylic acids is 3. The van der Waals surface area contributed by atoms with E-state index < -0.39 is 0 Å². The molecule has 1 aromatic rings. The molecule has 1 aromatic heterocycles. The van der Waals surface area contributed by atoms with Crippen LogP contribution >= 0.6 is 11.3 Å². The molecule has 0 fully saturated rings. The Hall–Kier alpha value is -1.93. The van der Waals surface area contributed by atoms with Gasteiger partial charge in [0.05, 0.1) is 25.3 Å². The lowest BCUT2D eigenvalue weighted by atomic mass is 10.1. The number of hydrogen-bond donors (Lipinski definition) is 2. The maximum Gasteiger partial charge on any atom is 0.341 e. The van der Waals surface area contributed by atoms with Crippen LogP contribution in [0.4, 0.5) is 5.00 Å². The molecule has 2 N–H and O–H groups in total. The number of likely N-dealkylation sites (N-methyl/N-ethyl adjacent to an activating group) is 2. The number of hydrogen-bond acceptors (Lipinski definition) is 6. The normalized spacial score (nSPS) is 12.8. The number of nitrogens with zero attached hydrogens (tertiary/aromatic N) is 1. The molecular weight excluding hydrogens is 354 g/mol. The monoisotopic (exact) mass is 381 g/mol. The van der Waals surface area contributed by atoms with Crippen molar-refractivity contribution in [1.82, 2.24) is 10.2 Å². The van der Waals surface area contributed by atoms with E-state index in [4.69, 9.17) is 4.74 Å². The number of amides is 2. The maximum absolute atomic E-state index is 12.5. The van der Waals surface area contributed by atoms with Gasteiger partial charge in [-0.1, -0.05) is 6.92 Å². The number of ether oxygens (including phenoxy) is 1. The molecule has 2 rings (SSSR count). The summed E-state index contributed by atoms with van der Waals surface area (Å²) < 4.78 is 5.17. The highest BCUT2D eigenvalue weighted by atomic mass is 32.1. The summed E-state index contributed by atoms with van der Waals surface area (Å²) >= 11 is 1.46. The smallest absolute Gasteiger partial charge is 0.341 e. The van der Waals surface area contributed by atoms with E-state index in [1.54, 1.807) is 11.8 Å². The van der Waals surface area contributed by atoms with Crippen molar-refractivity contribution < 1.29 is 19.1 Å². The molecule has 1 heterocycles. The van der Waals surface area contributed by atoms with E-state index in [2.05, 4.69) is 10.6 Å². The van der Waals surface area contributed by atoms with Gasteiger partial charge in [-0.05, 0) is 45.2 Å². The average molecular weight is 381 g/mol. The molecule has 8 heteroatoms. The van der Waals surface area contributed by atoms with Gasteiger partial charge in [-0.15, -0.1) is 11.3 Å². The molecular formula is C18H27N3O4S. The van der Waals surface area contributed by atoms with Gasteiger partial charge in [0.2, 0.25) is 11.8 Å². The standard InChI is InChI=1S/C18H27N3O4S/c1-4-19-14(22)10-21(5-2)11-15(23)20-17-16(18(24)25-6-3)12-8-7-9-13(12)26-17/h4-11H2,1-3H3,(H,19,22)(H,20,23). The highest BCUT2D eigenvalue weighted by Gasteiger charge is 2.28. The third kappa shape index (κ3) is 5.04. The van der Waals surface area contributed by atoms with Gasteiger partial charge in [0, 0.05) is 11.4 Å². The molecule has 0 atom stereocenters. The van der Waals surface area contributed by atoms with Crippen LogP contribution in [0, 0.1) is 0 Å². The summed E-state index contributed by atoms with van der Waals surface area (Å²) in [7, 11) is 0. The van der Waals surface area contributed by atoms with Gasteiger partial charge in [0.15, 0.2) is 0 Å². The van der Waals surface area contributed by atoms with E-state index in [-0.39, 0.29) is 30.9 Å². The van der Waals surface area contributed by atoms with Crippen LogP contribution in [-0.4, -0.2) is 55.5 Å². The molecule has 1 aliphatic rings. The van der Waals surface area contributed by atoms with Crippen molar-refractivity contribution >= 4 is 34.1 Å². The first kappa shape index (κ1) is 20.4. The SMILES string of the molecule is CCNC(=O)CN(CC)CC(=O)Nc1sc2c(c1C(=O)OCC)CCC2. The lowest BCUT2D eigenvalue weighted by Gasteiger charge is -2.19. The second kappa shape index (κ2) is 9.68. The Morgan fingerprint density at radius 1 is 1.12 bits per heavy atom. The Kier molecular flexibility index (Phi) is 7.59. The van der Waals surface area contributed by atoms with Crippen LogP contribution in [0.5, 0.6) is 0 Å². The van der Waals surface area contributed by atoms with Crippen LogP contribution in [-0.2, 0) is 27.2 Å². The molecule has 0 unspecified atom stereocenters. The molecule has 0 bridgehead atoms.